The maximum Gasteiger partial charge on any atom is 0.189 e. The van der Waals surface area contributed by atoms with E-state index in [1.165, 1.54) is 21.7 Å². The van der Waals surface area contributed by atoms with E-state index < -0.39 is 0 Å². The molecule has 1 atom stereocenters. The molecule has 5 nitrogen and oxygen atoms in total. The van der Waals surface area contributed by atoms with Gasteiger partial charge < -0.3 is 15.0 Å². The number of ether oxygens (including phenoxy) is 1. The van der Waals surface area contributed by atoms with E-state index in [2.05, 4.69) is 64.9 Å². The molecule has 2 aromatic carbocycles. The smallest absolute Gasteiger partial charge is 0.189 e. The lowest BCUT2D eigenvalue weighted by Gasteiger charge is -2.17. The average molecular weight is 451 g/mol. The molecule has 3 N–H and O–H groups in total. The summed E-state index contributed by atoms with van der Waals surface area (Å²) in [5, 5.41) is 11.8. The van der Waals surface area contributed by atoms with Crippen molar-refractivity contribution < 1.29 is 4.74 Å². The fourth-order valence-electron chi connectivity index (χ4n) is 3.84. The Kier molecular flexibility index (Phi) is 9.23. The molecule has 0 bridgehead atoms. The fraction of sp³-hybridized carbons (Fsp3) is 0.385. The number of aromatic amines is 1. The fourth-order valence-corrected chi connectivity index (χ4v) is 4.41. The molecule has 3 aromatic rings. The summed E-state index contributed by atoms with van der Waals surface area (Å²) in [6.45, 7) is 3.08. The van der Waals surface area contributed by atoms with Gasteiger partial charge in [0.1, 0.15) is 5.82 Å². The number of imidazole rings is 1. The van der Waals surface area contributed by atoms with Gasteiger partial charge in [-0.2, -0.15) is 0 Å². The number of methoxy groups -OCH3 is 1. The molecule has 0 aliphatic carbocycles. The van der Waals surface area contributed by atoms with Crippen LogP contribution in [-0.4, -0.2) is 35.8 Å². The van der Waals surface area contributed by atoms with Crippen LogP contribution >= 0.6 is 11.8 Å². The van der Waals surface area contributed by atoms with E-state index >= 15 is 0 Å². The van der Waals surface area contributed by atoms with Crippen LogP contribution in [0.15, 0.2) is 59.6 Å². The van der Waals surface area contributed by atoms with E-state index in [1.807, 2.05) is 18.3 Å². The van der Waals surface area contributed by atoms with Gasteiger partial charge in [0.2, 0.25) is 0 Å². The van der Waals surface area contributed by atoms with Gasteiger partial charge in [-0.3, -0.25) is 5.41 Å². The topological polar surface area (TPSA) is 73.8 Å². The lowest BCUT2D eigenvalue weighted by Crippen LogP contribution is -2.17. The van der Waals surface area contributed by atoms with Gasteiger partial charge in [0.05, 0.1) is 13.0 Å². The molecule has 0 spiro atoms. The highest BCUT2D eigenvalue weighted by molar-refractivity contribution is 7.98. The summed E-state index contributed by atoms with van der Waals surface area (Å²) in [6.07, 6.45) is 8.97. The van der Waals surface area contributed by atoms with Crippen LogP contribution in [0, 0.1) is 12.3 Å². The number of hydrogen-bond acceptors (Lipinski definition) is 5. The van der Waals surface area contributed by atoms with E-state index in [0.29, 0.717) is 0 Å². The van der Waals surface area contributed by atoms with Gasteiger partial charge in [-0.1, -0.05) is 42.8 Å². The molecule has 170 valence electrons. The second-order valence-electron chi connectivity index (χ2n) is 7.97. The number of nitrogens with zero attached hydrogens (tertiary/aromatic N) is 1. The van der Waals surface area contributed by atoms with Crippen molar-refractivity contribution in [1.29, 1.82) is 5.41 Å². The number of para-hydroxylation sites is 1. The number of anilines is 1. The van der Waals surface area contributed by atoms with Crippen molar-refractivity contribution in [3.05, 3.63) is 77.4 Å². The molecule has 0 fully saturated rings. The largest absolute Gasteiger partial charge is 0.484 e. The normalized spacial score (nSPS) is 11.8. The molecule has 32 heavy (non-hydrogen) atoms. The molecule has 6 heteroatoms. The first-order valence-electron chi connectivity index (χ1n) is 11.2. The molecule has 1 heterocycles. The molecule has 3 rings (SSSR count). The molecule has 0 aliphatic heterocycles. The van der Waals surface area contributed by atoms with Gasteiger partial charge in [-0.15, -0.1) is 11.8 Å². The Morgan fingerprint density at radius 1 is 1.12 bits per heavy atom. The Morgan fingerprint density at radius 2 is 1.91 bits per heavy atom. The maximum atomic E-state index is 8.30. The van der Waals surface area contributed by atoms with Crippen LogP contribution in [-0.2, 0) is 17.6 Å². The standard InChI is InChI=1S/C26H34N4OS/c1-19-11-6-7-12-20(19)17-21(26(27)31-2)23-18-29-25(30-23)15-5-4-10-16-28-22-13-8-9-14-24(22)32-3/h6-9,11-14,18,21,27-28H,4-5,10,15-17H2,1-3H3,(H,29,30). The van der Waals surface area contributed by atoms with E-state index in [0.717, 1.165) is 50.2 Å². The first-order chi connectivity index (χ1) is 15.6. The summed E-state index contributed by atoms with van der Waals surface area (Å²) >= 11 is 1.77. The zero-order chi connectivity index (χ0) is 22.8. The third kappa shape index (κ3) is 6.63. The molecular formula is C26H34N4OS. The second kappa shape index (κ2) is 12.3. The first-order valence-corrected chi connectivity index (χ1v) is 12.4. The maximum absolute atomic E-state index is 8.30. The van der Waals surface area contributed by atoms with Crippen molar-refractivity contribution in [2.75, 3.05) is 25.2 Å². The van der Waals surface area contributed by atoms with Gasteiger partial charge in [0.15, 0.2) is 5.90 Å². The number of aryl methyl sites for hydroxylation is 2. The number of rotatable bonds is 12. The number of thioether (sulfide) groups is 1. The monoisotopic (exact) mass is 450 g/mol. The van der Waals surface area contributed by atoms with Crippen LogP contribution in [0.2, 0.25) is 0 Å². The summed E-state index contributed by atoms with van der Waals surface area (Å²) in [7, 11) is 1.57. The van der Waals surface area contributed by atoms with E-state index in [-0.39, 0.29) is 11.8 Å². The van der Waals surface area contributed by atoms with Crippen molar-refractivity contribution in [2.45, 2.75) is 49.8 Å². The van der Waals surface area contributed by atoms with Crippen molar-refractivity contribution in [3.63, 3.8) is 0 Å². The van der Waals surface area contributed by atoms with Crippen LogP contribution in [0.1, 0.15) is 47.8 Å². The molecule has 0 saturated carbocycles. The molecule has 1 unspecified atom stereocenters. The Balaban J connectivity index is 1.48. The highest BCUT2D eigenvalue weighted by Crippen LogP contribution is 2.25. The van der Waals surface area contributed by atoms with Crippen molar-refractivity contribution in [2.24, 2.45) is 0 Å². The number of benzene rings is 2. The second-order valence-corrected chi connectivity index (χ2v) is 8.82. The van der Waals surface area contributed by atoms with Gasteiger partial charge in [0.25, 0.3) is 0 Å². The van der Waals surface area contributed by atoms with E-state index in [4.69, 9.17) is 10.1 Å². The lowest BCUT2D eigenvalue weighted by atomic mass is 9.94. The predicted molar refractivity (Wildman–Crippen MR) is 135 cm³/mol. The minimum atomic E-state index is -0.150. The highest BCUT2D eigenvalue weighted by atomic mass is 32.2. The average Bonchev–Trinajstić information content (AvgIpc) is 3.29. The van der Waals surface area contributed by atoms with Gasteiger partial charge in [-0.05, 0) is 55.7 Å². The Bertz CT molecular complexity index is 1000. The van der Waals surface area contributed by atoms with Crippen LogP contribution in [0.3, 0.4) is 0 Å². The summed E-state index contributed by atoms with van der Waals surface area (Å²) in [4.78, 5) is 9.32. The third-order valence-electron chi connectivity index (χ3n) is 5.76. The SMILES string of the molecule is COC(=N)C(Cc1ccccc1C)c1cnc(CCCCCNc2ccccc2SC)[nH]1. The number of H-pyrrole nitrogens is 1. The molecule has 0 aliphatic rings. The number of nitrogens with one attached hydrogen (secondary N) is 3. The molecule has 0 saturated heterocycles. The highest BCUT2D eigenvalue weighted by Gasteiger charge is 2.21. The van der Waals surface area contributed by atoms with Crippen LogP contribution in [0.4, 0.5) is 5.69 Å². The molecule has 0 amide bonds. The molecule has 1 aromatic heterocycles. The van der Waals surface area contributed by atoms with Crippen molar-refractivity contribution in [1.82, 2.24) is 9.97 Å². The molecular weight excluding hydrogens is 416 g/mol. The molecule has 0 radical (unpaired) electrons. The van der Waals surface area contributed by atoms with Crippen LogP contribution in [0.25, 0.3) is 0 Å². The zero-order valence-electron chi connectivity index (χ0n) is 19.3. The predicted octanol–water partition coefficient (Wildman–Crippen LogP) is 6.21. The van der Waals surface area contributed by atoms with Crippen molar-refractivity contribution in [3.8, 4) is 0 Å². The number of unbranched alkanes of at least 4 members (excludes halogenated alkanes) is 2. The number of aromatic nitrogens is 2. The Hall–Kier alpha value is -2.73. The zero-order valence-corrected chi connectivity index (χ0v) is 20.1. The summed E-state index contributed by atoms with van der Waals surface area (Å²) in [5.41, 5.74) is 4.63. The summed E-state index contributed by atoms with van der Waals surface area (Å²) < 4.78 is 5.29. The van der Waals surface area contributed by atoms with Gasteiger partial charge in [-0.25, -0.2) is 4.98 Å². The quantitative estimate of drug-likeness (QED) is 0.133. The summed E-state index contributed by atoms with van der Waals surface area (Å²) in [6, 6.07) is 16.8. The third-order valence-corrected chi connectivity index (χ3v) is 6.55. The van der Waals surface area contributed by atoms with Gasteiger partial charge in [0, 0.05) is 35.4 Å². The van der Waals surface area contributed by atoms with E-state index in [9.17, 15) is 0 Å². The lowest BCUT2D eigenvalue weighted by molar-refractivity contribution is 0.375. The van der Waals surface area contributed by atoms with E-state index in [1.54, 1.807) is 18.9 Å². The minimum absolute atomic E-state index is 0.150. The van der Waals surface area contributed by atoms with Crippen LogP contribution in [0.5, 0.6) is 0 Å². The van der Waals surface area contributed by atoms with Crippen LogP contribution < -0.4 is 5.32 Å². The minimum Gasteiger partial charge on any atom is -0.484 e. The van der Waals surface area contributed by atoms with Gasteiger partial charge >= 0.3 is 0 Å². The summed E-state index contributed by atoms with van der Waals surface area (Å²) in [5.74, 6) is 1.10. The van der Waals surface area contributed by atoms with Crippen molar-refractivity contribution >= 4 is 23.3 Å². The number of hydrogen-bond donors (Lipinski definition) is 3. The Labute approximate surface area is 195 Å². The Morgan fingerprint density at radius 3 is 2.69 bits per heavy atom. The first kappa shape index (κ1) is 23.9.